The highest BCUT2D eigenvalue weighted by molar-refractivity contribution is 6.31. The van der Waals surface area contributed by atoms with Gasteiger partial charge in [0.2, 0.25) is 0 Å². The number of ether oxygens (including phenoxy) is 1. The van der Waals surface area contributed by atoms with Crippen molar-refractivity contribution in [1.82, 2.24) is 5.43 Å². The van der Waals surface area contributed by atoms with Crippen molar-refractivity contribution >= 4 is 28.9 Å². The molecule has 1 aliphatic carbocycles. The number of anilines is 1. The third-order valence-corrected chi connectivity index (χ3v) is 7.27. The summed E-state index contributed by atoms with van der Waals surface area (Å²) in [5.41, 5.74) is 8.63. The van der Waals surface area contributed by atoms with Crippen molar-refractivity contribution < 1.29 is 9.53 Å². The van der Waals surface area contributed by atoms with Crippen LogP contribution >= 0.6 is 11.6 Å². The zero-order valence-corrected chi connectivity index (χ0v) is 20.5. The van der Waals surface area contributed by atoms with Crippen molar-refractivity contribution in [3.05, 3.63) is 112 Å². The summed E-state index contributed by atoms with van der Waals surface area (Å²) in [6, 6.07) is 23.9. The highest BCUT2D eigenvalue weighted by atomic mass is 35.5. The maximum Gasteiger partial charge on any atom is 0.273 e. The van der Waals surface area contributed by atoms with Gasteiger partial charge in [-0.2, -0.15) is 5.10 Å². The molecule has 178 valence electrons. The molecule has 3 aromatic rings. The number of allylic oxidation sites excluding steroid dienone is 2. The Morgan fingerprint density at radius 1 is 1.09 bits per heavy atom. The number of fused-ring (bicyclic) bond motifs is 3. The number of nitrogens with zero attached hydrogens (tertiary/aromatic N) is 1. The van der Waals surface area contributed by atoms with E-state index in [9.17, 15) is 4.79 Å². The fraction of sp³-hybridized carbons (Fsp3) is 0.241. The van der Waals surface area contributed by atoms with Crippen LogP contribution in [0.3, 0.4) is 0 Å². The van der Waals surface area contributed by atoms with Crippen LogP contribution in [0.15, 0.2) is 90.0 Å². The van der Waals surface area contributed by atoms with E-state index in [1.807, 2.05) is 61.5 Å². The fourth-order valence-electron chi connectivity index (χ4n) is 5.14. The van der Waals surface area contributed by atoms with Gasteiger partial charge in [0, 0.05) is 23.7 Å². The number of methoxy groups -OCH3 is 1. The number of hydrogen-bond donors (Lipinski definition) is 2. The number of hydrazone groups is 1. The summed E-state index contributed by atoms with van der Waals surface area (Å²) in [5.74, 6) is 0.382. The molecule has 0 bridgehead atoms. The molecule has 0 saturated heterocycles. The number of benzene rings is 3. The lowest BCUT2D eigenvalue weighted by Gasteiger charge is -2.38. The third kappa shape index (κ3) is 4.62. The van der Waals surface area contributed by atoms with E-state index in [1.54, 1.807) is 0 Å². The van der Waals surface area contributed by atoms with E-state index in [4.69, 9.17) is 16.3 Å². The second kappa shape index (κ2) is 10.1. The third-order valence-electron chi connectivity index (χ3n) is 6.93. The highest BCUT2D eigenvalue weighted by Crippen LogP contribution is 2.50. The molecular formula is C29H28ClN3O2. The minimum atomic E-state index is -0.716. The van der Waals surface area contributed by atoms with Crippen molar-refractivity contribution in [1.29, 1.82) is 0 Å². The zero-order valence-electron chi connectivity index (χ0n) is 19.7. The molecule has 0 aromatic heterocycles. The van der Waals surface area contributed by atoms with Crippen LogP contribution in [-0.2, 0) is 9.53 Å². The van der Waals surface area contributed by atoms with Crippen molar-refractivity contribution in [3.63, 3.8) is 0 Å². The molecule has 0 radical (unpaired) electrons. The molecule has 4 atom stereocenters. The Balaban J connectivity index is 1.37. The minimum absolute atomic E-state index is 0.153. The smallest absolute Gasteiger partial charge is 0.273 e. The molecule has 1 amide bonds. The van der Waals surface area contributed by atoms with E-state index < -0.39 is 6.10 Å². The molecule has 1 aliphatic heterocycles. The van der Waals surface area contributed by atoms with Crippen molar-refractivity contribution in [3.8, 4) is 0 Å². The normalized spacial score (nSPS) is 21.6. The lowest BCUT2D eigenvalue weighted by atomic mass is 9.76. The molecule has 5 nitrogen and oxygen atoms in total. The summed E-state index contributed by atoms with van der Waals surface area (Å²) >= 11 is 6.55. The minimum Gasteiger partial charge on any atom is -0.378 e. The molecule has 6 heteroatoms. The van der Waals surface area contributed by atoms with Gasteiger partial charge in [0.15, 0.2) is 6.10 Å². The van der Waals surface area contributed by atoms with Gasteiger partial charge < -0.3 is 10.1 Å². The Morgan fingerprint density at radius 2 is 1.86 bits per heavy atom. The average molecular weight is 486 g/mol. The van der Waals surface area contributed by atoms with Gasteiger partial charge in [-0.25, -0.2) is 5.43 Å². The summed E-state index contributed by atoms with van der Waals surface area (Å²) in [5, 5.41) is 8.90. The molecule has 1 heterocycles. The Bertz CT molecular complexity index is 1290. The van der Waals surface area contributed by atoms with E-state index in [1.165, 1.54) is 12.7 Å². The van der Waals surface area contributed by atoms with Gasteiger partial charge in [-0.15, -0.1) is 0 Å². The average Bonchev–Trinajstić information content (AvgIpc) is 3.38. The Kier molecular flexibility index (Phi) is 6.71. The van der Waals surface area contributed by atoms with Gasteiger partial charge in [0.05, 0.1) is 11.8 Å². The van der Waals surface area contributed by atoms with Crippen molar-refractivity contribution in [2.24, 2.45) is 11.0 Å². The van der Waals surface area contributed by atoms with E-state index in [0.29, 0.717) is 11.8 Å². The first-order valence-electron chi connectivity index (χ1n) is 11.8. The van der Waals surface area contributed by atoms with Gasteiger partial charge in [-0.05, 0) is 59.7 Å². The summed E-state index contributed by atoms with van der Waals surface area (Å²) in [6.07, 6.45) is 4.85. The van der Waals surface area contributed by atoms with Gasteiger partial charge in [0.1, 0.15) is 0 Å². The Labute approximate surface area is 210 Å². The molecule has 35 heavy (non-hydrogen) atoms. The largest absolute Gasteiger partial charge is 0.378 e. The molecule has 2 N–H and O–H groups in total. The summed E-state index contributed by atoms with van der Waals surface area (Å²) in [7, 11) is 1.52. The monoisotopic (exact) mass is 485 g/mol. The number of halogens is 1. The molecular weight excluding hydrogens is 458 g/mol. The quantitative estimate of drug-likeness (QED) is 0.241. The van der Waals surface area contributed by atoms with Crippen LogP contribution in [0.5, 0.6) is 0 Å². The van der Waals surface area contributed by atoms with Gasteiger partial charge in [-0.3, -0.25) is 4.79 Å². The standard InChI is InChI=1S/C29H28ClN3O2/c1-18(32-33-29(34)28(35-2)19-9-4-3-5-10-19)20-15-16-26-24(17-20)21-12-8-13-22(21)27(31-26)23-11-6-7-14-25(23)30/h3-12,14-17,21-22,27-28,31H,13H2,1-2H3,(H,33,34)/b32-18-/t21-,22+,27-,28+/m1/s1. The molecule has 0 saturated carbocycles. The summed E-state index contributed by atoms with van der Waals surface area (Å²) < 4.78 is 5.41. The maximum atomic E-state index is 12.7. The van der Waals surface area contributed by atoms with Crippen molar-refractivity contribution in [2.45, 2.75) is 31.4 Å². The maximum absolute atomic E-state index is 12.7. The lowest BCUT2D eigenvalue weighted by molar-refractivity contribution is -0.131. The summed E-state index contributed by atoms with van der Waals surface area (Å²) in [4.78, 5) is 12.7. The molecule has 2 aliphatic rings. The lowest BCUT2D eigenvalue weighted by Crippen LogP contribution is -2.29. The number of amides is 1. The number of carbonyl (C=O) groups excluding carboxylic acids is 1. The first-order valence-corrected chi connectivity index (χ1v) is 12.2. The molecule has 0 spiro atoms. The van der Waals surface area contributed by atoms with Crippen LogP contribution in [0.2, 0.25) is 5.02 Å². The topological polar surface area (TPSA) is 62.7 Å². The van der Waals surface area contributed by atoms with Crippen LogP contribution < -0.4 is 10.7 Å². The predicted molar refractivity (Wildman–Crippen MR) is 141 cm³/mol. The first kappa shape index (κ1) is 23.3. The number of rotatable bonds is 6. The zero-order chi connectivity index (χ0) is 24.4. The Hall–Kier alpha value is -3.41. The van der Waals surface area contributed by atoms with E-state index >= 15 is 0 Å². The molecule has 3 aromatic carbocycles. The number of hydrogen-bond acceptors (Lipinski definition) is 4. The van der Waals surface area contributed by atoms with E-state index in [-0.39, 0.29) is 11.9 Å². The Morgan fingerprint density at radius 3 is 2.63 bits per heavy atom. The van der Waals surface area contributed by atoms with Gasteiger partial charge in [0.25, 0.3) is 5.91 Å². The van der Waals surface area contributed by atoms with Gasteiger partial charge in [-0.1, -0.05) is 78.4 Å². The van der Waals surface area contributed by atoms with Crippen LogP contribution in [0, 0.1) is 5.92 Å². The van der Waals surface area contributed by atoms with Crippen LogP contribution in [-0.4, -0.2) is 18.7 Å². The number of carbonyl (C=O) groups is 1. The predicted octanol–water partition coefficient (Wildman–Crippen LogP) is 6.39. The SMILES string of the molecule is CO[C@H](C(=O)N/N=C(/C)c1ccc2c(c1)[C@@H]1C=CC[C@@H]1[C@H](c1ccccc1Cl)N2)c1ccccc1. The van der Waals surface area contributed by atoms with Crippen LogP contribution in [0.4, 0.5) is 5.69 Å². The van der Waals surface area contributed by atoms with E-state index in [0.717, 1.165) is 39.5 Å². The second-order valence-corrected chi connectivity index (χ2v) is 9.41. The molecule has 0 unspecified atom stereocenters. The van der Waals surface area contributed by atoms with Gasteiger partial charge >= 0.3 is 0 Å². The van der Waals surface area contributed by atoms with Crippen LogP contribution in [0.1, 0.15) is 53.7 Å². The molecule has 0 fully saturated rings. The second-order valence-electron chi connectivity index (χ2n) is 9.00. The highest BCUT2D eigenvalue weighted by Gasteiger charge is 2.38. The summed E-state index contributed by atoms with van der Waals surface area (Å²) in [6.45, 7) is 1.90. The molecule has 5 rings (SSSR count). The van der Waals surface area contributed by atoms with Crippen LogP contribution in [0.25, 0.3) is 0 Å². The van der Waals surface area contributed by atoms with E-state index in [2.05, 4.69) is 46.2 Å². The number of nitrogens with one attached hydrogen (secondary N) is 2. The first-order chi connectivity index (χ1) is 17.1. The fourth-order valence-corrected chi connectivity index (χ4v) is 5.39. The van der Waals surface area contributed by atoms with Crippen molar-refractivity contribution in [2.75, 3.05) is 12.4 Å².